The molecule has 0 spiro atoms. The number of rotatable bonds is 7. The Morgan fingerprint density at radius 2 is 1.70 bits per heavy atom. The van der Waals surface area contributed by atoms with Gasteiger partial charge in [-0.15, -0.1) is 0 Å². The fourth-order valence-electron chi connectivity index (χ4n) is 2.47. The van der Waals surface area contributed by atoms with Crippen LogP contribution in [0.1, 0.15) is 17.5 Å². The molecule has 0 saturated heterocycles. The van der Waals surface area contributed by atoms with Crippen LogP contribution < -0.4 is 10.1 Å². The average molecular weight is 269 g/mol. The van der Waals surface area contributed by atoms with Gasteiger partial charge in [0.2, 0.25) is 0 Å². The number of aryl methyl sites for hydroxylation is 1. The van der Waals surface area contributed by atoms with Gasteiger partial charge in [-0.05, 0) is 43.5 Å². The van der Waals surface area contributed by atoms with Crippen LogP contribution in [0.25, 0.3) is 0 Å². The minimum absolute atomic E-state index is 0.464. The zero-order valence-corrected chi connectivity index (χ0v) is 12.3. The van der Waals surface area contributed by atoms with Crippen molar-refractivity contribution in [3.8, 4) is 5.75 Å². The van der Waals surface area contributed by atoms with E-state index in [2.05, 4.69) is 47.8 Å². The summed E-state index contributed by atoms with van der Waals surface area (Å²) in [5, 5.41) is 3.42. The van der Waals surface area contributed by atoms with Gasteiger partial charge >= 0.3 is 0 Å². The number of benzene rings is 2. The van der Waals surface area contributed by atoms with Gasteiger partial charge in [0.15, 0.2) is 0 Å². The van der Waals surface area contributed by atoms with Crippen molar-refractivity contribution in [3.63, 3.8) is 0 Å². The summed E-state index contributed by atoms with van der Waals surface area (Å²) in [6.45, 7) is 0. The Morgan fingerprint density at radius 1 is 1.00 bits per heavy atom. The molecule has 0 aliphatic rings. The molecule has 20 heavy (non-hydrogen) atoms. The van der Waals surface area contributed by atoms with Crippen LogP contribution in [0.15, 0.2) is 54.6 Å². The van der Waals surface area contributed by atoms with E-state index in [-0.39, 0.29) is 0 Å². The van der Waals surface area contributed by atoms with E-state index in [1.807, 2.05) is 19.2 Å². The van der Waals surface area contributed by atoms with Crippen LogP contribution >= 0.6 is 0 Å². The molecule has 1 unspecified atom stereocenters. The Kier molecular flexibility index (Phi) is 5.63. The third-order valence-electron chi connectivity index (χ3n) is 3.69. The predicted molar refractivity (Wildman–Crippen MR) is 84.3 cm³/mol. The third-order valence-corrected chi connectivity index (χ3v) is 3.69. The highest BCUT2D eigenvalue weighted by Gasteiger charge is 2.10. The Hall–Kier alpha value is -1.80. The summed E-state index contributed by atoms with van der Waals surface area (Å²) in [6, 6.07) is 19.4. The van der Waals surface area contributed by atoms with Crippen molar-refractivity contribution < 1.29 is 4.74 Å². The summed E-state index contributed by atoms with van der Waals surface area (Å²) < 4.78 is 5.43. The number of likely N-dealkylation sites (N-methyl/N-ethyl adjacent to an activating group) is 1. The van der Waals surface area contributed by atoms with Crippen LogP contribution in [0.3, 0.4) is 0 Å². The minimum Gasteiger partial charge on any atom is -0.496 e. The van der Waals surface area contributed by atoms with Crippen LogP contribution in [-0.2, 0) is 12.8 Å². The first kappa shape index (κ1) is 14.6. The summed E-state index contributed by atoms with van der Waals surface area (Å²) in [6.07, 6.45) is 3.22. The van der Waals surface area contributed by atoms with Crippen molar-refractivity contribution in [1.29, 1.82) is 0 Å². The summed E-state index contributed by atoms with van der Waals surface area (Å²) >= 11 is 0. The van der Waals surface area contributed by atoms with E-state index in [1.165, 1.54) is 11.1 Å². The Labute approximate surface area is 121 Å². The molecule has 0 fully saturated rings. The Morgan fingerprint density at radius 3 is 2.40 bits per heavy atom. The molecule has 0 saturated carbocycles. The van der Waals surface area contributed by atoms with Gasteiger partial charge in [-0.25, -0.2) is 0 Å². The molecule has 0 bridgehead atoms. The molecule has 0 aliphatic heterocycles. The summed E-state index contributed by atoms with van der Waals surface area (Å²) in [7, 11) is 3.77. The second-order valence-corrected chi connectivity index (χ2v) is 5.03. The highest BCUT2D eigenvalue weighted by atomic mass is 16.5. The third kappa shape index (κ3) is 4.10. The van der Waals surface area contributed by atoms with Gasteiger partial charge in [0, 0.05) is 6.04 Å². The standard InChI is InChI=1S/C18H23NO/c1-19-17(13-12-15-8-4-3-5-9-15)14-16-10-6-7-11-18(16)20-2/h3-11,17,19H,12-14H2,1-2H3. The molecule has 0 aromatic heterocycles. The van der Waals surface area contributed by atoms with Gasteiger partial charge in [-0.1, -0.05) is 48.5 Å². The molecule has 0 amide bonds. The van der Waals surface area contributed by atoms with E-state index in [0.717, 1.165) is 25.0 Å². The first-order valence-electron chi connectivity index (χ1n) is 7.16. The number of hydrogen-bond donors (Lipinski definition) is 1. The lowest BCUT2D eigenvalue weighted by Crippen LogP contribution is -2.28. The molecule has 2 heteroatoms. The molecule has 1 N–H and O–H groups in total. The summed E-state index contributed by atoms with van der Waals surface area (Å²) in [5.74, 6) is 0.979. The van der Waals surface area contributed by atoms with E-state index in [9.17, 15) is 0 Å². The molecular weight excluding hydrogens is 246 g/mol. The van der Waals surface area contributed by atoms with Crippen molar-refractivity contribution in [3.05, 3.63) is 65.7 Å². The SMILES string of the molecule is CNC(CCc1ccccc1)Cc1ccccc1OC. The van der Waals surface area contributed by atoms with Crippen LogP contribution in [0.4, 0.5) is 0 Å². The van der Waals surface area contributed by atoms with Gasteiger partial charge in [-0.2, -0.15) is 0 Å². The van der Waals surface area contributed by atoms with Crippen molar-refractivity contribution in [2.75, 3.05) is 14.2 Å². The molecule has 1 atom stereocenters. The lowest BCUT2D eigenvalue weighted by atomic mass is 9.98. The maximum absolute atomic E-state index is 5.43. The van der Waals surface area contributed by atoms with Crippen LogP contribution in [0.5, 0.6) is 5.75 Å². The topological polar surface area (TPSA) is 21.3 Å². The highest BCUT2D eigenvalue weighted by Crippen LogP contribution is 2.20. The maximum Gasteiger partial charge on any atom is 0.122 e. The zero-order chi connectivity index (χ0) is 14.2. The fourth-order valence-corrected chi connectivity index (χ4v) is 2.47. The van der Waals surface area contributed by atoms with E-state index in [1.54, 1.807) is 7.11 Å². The second kappa shape index (κ2) is 7.71. The van der Waals surface area contributed by atoms with Crippen molar-refractivity contribution >= 4 is 0 Å². The predicted octanol–water partition coefficient (Wildman–Crippen LogP) is 3.46. The second-order valence-electron chi connectivity index (χ2n) is 5.03. The number of para-hydroxylation sites is 1. The van der Waals surface area contributed by atoms with Gasteiger partial charge < -0.3 is 10.1 Å². The van der Waals surface area contributed by atoms with Crippen LogP contribution in [0, 0.1) is 0 Å². The average Bonchev–Trinajstić information content (AvgIpc) is 2.52. The normalized spacial score (nSPS) is 12.1. The first-order chi connectivity index (χ1) is 9.83. The van der Waals surface area contributed by atoms with Crippen molar-refractivity contribution in [2.45, 2.75) is 25.3 Å². The van der Waals surface area contributed by atoms with Crippen LogP contribution in [0.2, 0.25) is 0 Å². The fraction of sp³-hybridized carbons (Fsp3) is 0.333. The molecule has 106 valence electrons. The van der Waals surface area contributed by atoms with Crippen molar-refractivity contribution in [1.82, 2.24) is 5.32 Å². The highest BCUT2D eigenvalue weighted by molar-refractivity contribution is 5.33. The number of methoxy groups -OCH3 is 1. The lowest BCUT2D eigenvalue weighted by molar-refractivity contribution is 0.404. The largest absolute Gasteiger partial charge is 0.496 e. The summed E-state index contributed by atoms with van der Waals surface area (Å²) in [5.41, 5.74) is 2.66. The van der Waals surface area contributed by atoms with Crippen molar-refractivity contribution in [2.24, 2.45) is 0 Å². The first-order valence-corrected chi connectivity index (χ1v) is 7.16. The van der Waals surface area contributed by atoms with Gasteiger partial charge in [0.05, 0.1) is 7.11 Å². The quantitative estimate of drug-likeness (QED) is 0.831. The molecular formula is C18H23NO. The number of hydrogen-bond acceptors (Lipinski definition) is 2. The summed E-state index contributed by atoms with van der Waals surface area (Å²) in [4.78, 5) is 0. The molecule has 0 heterocycles. The van der Waals surface area contributed by atoms with Crippen LogP contribution in [-0.4, -0.2) is 20.2 Å². The molecule has 2 aromatic rings. The zero-order valence-electron chi connectivity index (χ0n) is 12.3. The molecule has 2 aromatic carbocycles. The monoisotopic (exact) mass is 269 g/mol. The number of ether oxygens (including phenoxy) is 1. The van der Waals surface area contributed by atoms with E-state index >= 15 is 0 Å². The van der Waals surface area contributed by atoms with E-state index < -0.39 is 0 Å². The van der Waals surface area contributed by atoms with Gasteiger partial charge in [-0.3, -0.25) is 0 Å². The van der Waals surface area contributed by atoms with Gasteiger partial charge in [0.25, 0.3) is 0 Å². The molecule has 2 nitrogen and oxygen atoms in total. The molecule has 2 rings (SSSR count). The van der Waals surface area contributed by atoms with Gasteiger partial charge in [0.1, 0.15) is 5.75 Å². The Bertz CT molecular complexity index is 510. The van der Waals surface area contributed by atoms with E-state index in [0.29, 0.717) is 6.04 Å². The van der Waals surface area contributed by atoms with E-state index in [4.69, 9.17) is 4.74 Å². The Balaban J connectivity index is 1.95. The molecule has 0 aliphatic carbocycles. The molecule has 0 radical (unpaired) electrons. The smallest absolute Gasteiger partial charge is 0.122 e. The maximum atomic E-state index is 5.43. The number of nitrogens with one attached hydrogen (secondary N) is 1. The minimum atomic E-state index is 0.464. The lowest BCUT2D eigenvalue weighted by Gasteiger charge is -2.18.